The number of pyridine rings is 1. The largest absolute Gasteiger partial charge is 0.283 e. The number of hydrogen-bond acceptors (Lipinski definition) is 6. The third-order valence-electron chi connectivity index (χ3n) is 4.42. The molecule has 27 heavy (non-hydrogen) atoms. The van der Waals surface area contributed by atoms with E-state index in [0.717, 1.165) is 18.4 Å². The number of fused-ring (bicyclic) bond motifs is 2. The van der Waals surface area contributed by atoms with E-state index in [4.69, 9.17) is 11.6 Å². The minimum Gasteiger partial charge on any atom is -0.283 e. The molecule has 1 fully saturated rings. The number of halogens is 1. The van der Waals surface area contributed by atoms with Gasteiger partial charge in [0.25, 0.3) is 11.1 Å². The van der Waals surface area contributed by atoms with Crippen LogP contribution < -0.4 is 11.1 Å². The molecule has 136 valence electrons. The Hall–Kier alpha value is -2.16. The Balaban J connectivity index is 1.52. The first-order valence-electron chi connectivity index (χ1n) is 8.40. The summed E-state index contributed by atoms with van der Waals surface area (Å²) in [7, 11) is 0. The Morgan fingerprint density at radius 3 is 2.89 bits per heavy atom. The molecule has 9 heteroatoms. The number of hydrogen-bond donors (Lipinski definition) is 0. The Morgan fingerprint density at radius 2 is 2.07 bits per heavy atom. The lowest BCUT2D eigenvalue weighted by molar-refractivity contribution is 0.619. The Kier molecular flexibility index (Phi) is 4.07. The number of aromatic nitrogens is 4. The standard InChI is InChI=1S/C18H13ClN4O2S2/c19-10-1-4-14-20-11(7-15(24)22(14)8-10)9-27-18-21-13-5-6-26-16(13)17(25)23(18)12-2-3-12/h1,4-8,12H,2-3,9H2. The Morgan fingerprint density at radius 1 is 1.22 bits per heavy atom. The van der Waals surface area contributed by atoms with Crippen LogP contribution in [0.25, 0.3) is 15.9 Å². The Labute approximate surface area is 166 Å². The van der Waals surface area contributed by atoms with E-state index in [0.29, 0.717) is 32.0 Å². The quantitative estimate of drug-likeness (QED) is 0.374. The molecule has 4 heterocycles. The van der Waals surface area contributed by atoms with E-state index in [1.54, 1.807) is 22.9 Å². The van der Waals surface area contributed by atoms with Crippen molar-refractivity contribution in [3.05, 3.63) is 67.3 Å². The zero-order valence-electron chi connectivity index (χ0n) is 14.0. The molecule has 0 spiro atoms. The second-order valence-corrected chi connectivity index (χ2v) is 8.68. The minimum absolute atomic E-state index is 0.0289. The molecule has 4 aromatic heterocycles. The smallest absolute Gasteiger partial charge is 0.272 e. The van der Waals surface area contributed by atoms with Crippen molar-refractivity contribution in [1.29, 1.82) is 0 Å². The molecule has 1 saturated carbocycles. The fourth-order valence-corrected chi connectivity index (χ4v) is 4.88. The number of thiophene rings is 1. The Bertz CT molecular complexity index is 1310. The molecule has 5 rings (SSSR count). The van der Waals surface area contributed by atoms with E-state index < -0.39 is 0 Å². The number of nitrogens with zero attached hydrogens (tertiary/aromatic N) is 4. The maximum Gasteiger partial charge on any atom is 0.272 e. The molecular weight excluding hydrogens is 404 g/mol. The van der Waals surface area contributed by atoms with E-state index in [9.17, 15) is 9.59 Å². The van der Waals surface area contributed by atoms with E-state index >= 15 is 0 Å². The van der Waals surface area contributed by atoms with Crippen molar-refractivity contribution in [2.75, 3.05) is 0 Å². The van der Waals surface area contributed by atoms with Crippen LogP contribution in [0.2, 0.25) is 5.02 Å². The van der Waals surface area contributed by atoms with Crippen LogP contribution in [0, 0.1) is 0 Å². The molecule has 1 aliphatic rings. The molecule has 0 saturated heterocycles. The van der Waals surface area contributed by atoms with Gasteiger partial charge in [-0.3, -0.25) is 18.6 Å². The predicted octanol–water partition coefficient (Wildman–Crippen LogP) is 3.75. The molecule has 0 radical (unpaired) electrons. The first-order chi connectivity index (χ1) is 13.1. The monoisotopic (exact) mass is 416 g/mol. The molecule has 0 atom stereocenters. The molecule has 0 amide bonds. The van der Waals surface area contributed by atoms with Crippen LogP contribution in [0.5, 0.6) is 0 Å². The average Bonchev–Trinajstić information content (AvgIpc) is 3.37. The van der Waals surface area contributed by atoms with Crippen LogP contribution in [0.1, 0.15) is 24.6 Å². The van der Waals surface area contributed by atoms with Gasteiger partial charge in [-0.05, 0) is 36.4 Å². The van der Waals surface area contributed by atoms with Gasteiger partial charge in [0.2, 0.25) is 0 Å². The lowest BCUT2D eigenvalue weighted by Gasteiger charge is -2.11. The van der Waals surface area contributed by atoms with Crippen LogP contribution in [-0.2, 0) is 5.75 Å². The first kappa shape index (κ1) is 17.0. The van der Waals surface area contributed by atoms with Crippen LogP contribution in [0.3, 0.4) is 0 Å². The average molecular weight is 417 g/mol. The van der Waals surface area contributed by atoms with Crippen molar-refractivity contribution >= 4 is 50.6 Å². The summed E-state index contributed by atoms with van der Waals surface area (Å²) in [4.78, 5) is 34.3. The summed E-state index contributed by atoms with van der Waals surface area (Å²) in [6, 6.07) is 7.02. The van der Waals surface area contributed by atoms with Crippen LogP contribution >= 0.6 is 34.7 Å². The summed E-state index contributed by atoms with van der Waals surface area (Å²) in [5.74, 6) is 0.461. The van der Waals surface area contributed by atoms with Gasteiger partial charge in [0, 0.05) is 24.1 Å². The molecular formula is C18H13ClN4O2S2. The van der Waals surface area contributed by atoms with Gasteiger partial charge in [-0.15, -0.1) is 11.3 Å². The zero-order valence-corrected chi connectivity index (χ0v) is 16.4. The summed E-state index contributed by atoms with van der Waals surface area (Å²) >= 11 is 8.82. The molecule has 0 aliphatic heterocycles. The minimum atomic E-state index is -0.182. The van der Waals surface area contributed by atoms with E-state index in [1.165, 1.54) is 33.6 Å². The molecule has 0 unspecified atom stereocenters. The van der Waals surface area contributed by atoms with Crippen LogP contribution in [-0.4, -0.2) is 18.9 Å². The predicted molar refractivity (Wildman–Crippen MR) is 108 cm³/mol. The summed E-state index contributed by atoms with van der Waals surface area (Å²) in [6.45, 7) is 0. The normalized spacial score (nSPS) is 14.3. The maximum atomic E-state index is 12.8. The van der Waals surface area contributed by atoms with Crippen LogP contribution in [0.4, 0.5) is 0 Å². The first-order valence-corrected chi connectivity index (χ1v) is 10.6. The van der Waals surface area contributed by atoms with E-state index in [1.807, 2.05) is 11.4 Å². The second-order valence-electron chi connectivity index (χ2n) is 6.39. The lowest BCUT2D eigenvalue weighted by atomic mass is 10.4. The van der Waals surface area contributed by atoms with Gasteiger partial charge in [0.1, 0.15) is 10.3 Å². The highest BCUT2D eigenvalue weighted by atomic mass is 35.5. The lowest BCUT2D eigenvalue weighted by Crippen LogP contribution is -2.21. The highest BCUT2D eigenvalue weighted by Gasteiger charge is 2.29. The van der Waals surface area contributed by atoms with Crippen molar-refractivity contribution < 1.29 is 0 Å². The fraction of sp³-hybridized carbons (Fsp3) is 0.222. The highest BCUT2D eigenvalue weighted by molar-refractivity contribution is 7.98. The molecule has 4 aromatic rings. The van der Waals surface area contributed by atoms with Gasteiger partial charge in [-0.2, -0.15) is 0 Å². The third-order valence-corrected chi connectivity index (χ3v) is 6.52. The fourth-order valence-electron chi connectivity index (χ4n) is 3.00. The molecule has 0 N–H and O–H groups in total. The van der Waals surface area contributed by atoms with Crippen molar-refractivity contribution in [3.63, 3.8) is 0 Å². The SMILES string of the molecule is O=c1c2sccc2nc(SCc2cc(=O)n3cc(Cl)ccc3n2)n1C1CC1. The zero-order chi connectivity index (χ0) is 18.5. The molecule has 6 nitrogen and oxygen atoms in total. The van der Waals surface area contributed by atoms with E-state index in [2.05, 4.69) is 9.97 Å². The van der Waals surface area contributed by atoms with Gasteiger partial charge in [-0.1, -0.05) is 23.4 Å². The third kappa shape index (κ3) is 3.07. The van der Waals surface area contributed by atoms with Gasteiger partial charge < -0.3 is 0 Å². The van der Waals surface area contributed by atoms with Crippen molar-refractivity contribution in [2.24, 2.45) is 0 Å². The topological polar surface area (TPSA) is 69.3 Å². The van der Waals surface area contributed by atoms with Gasteiger partial charge in [-0.25, -0.2) is 9.97 Å². The summed E-state index contributed by atoms with van der Waals surface area (Å²) in [5.41, 5.74) is 1.77. The molecule has 0 bridgehead atoms. The summed E-state index contributed by atoms with van der Waals surface area (Å²) < 4.78 is 3.92. The maximum absolute atomic E-state index is 12.8. The van der Waals surface area contributed by atoms with Gasteiger partial charge in [0.15, 0.2) is 5.16 Å². The summed E-state index contributed by atoms with van der Waals surface area (Å²) in [6.07, 6.45) is 3.56. The number of thioether (sulfide) groups is 1. The summed E-state index contributed by atoms with van der Waals surface area (Å²) in [5, 5.41) is 3.06. The van der Waals surface area contributed by atoms with Crippen molar-refractivity contribution in [2.45, 2.75) is 29.8 Å². The molecule has 1 aliphatic carbocycles. The van der Waals surface area contributed by atoms with Crippen molar-refractivity contribution in [1.82, 2.24) is 18.9 Å². The van der Waals surface area contributed by atoms with Crippen LogP contribution in [0.15, 0.2) is 50.6 Å². The van der Waals surface area contributed by atoms with Crippen molar-refractivity contribution in [3.8, 4) is 0 Å². The van der Waals surface area contributed by atoms with Gasteiger partial charge in [0.05, 0.1) is 16.2 Å². The molecule has 0 aromatic carbocycles. The highest BCUT2D eigenvalue weighted by Crippen LogP contribution is 2.37. The second kappa shape index (κ2) is 6.47. The number of rotatable bonds is 4. The van der Waals surface area contributed by atoms with E-state index in [-0.39, 0.29) is 17.2 Å². The van der Waals surface area contributed by atoms with Gasteiger partial charge >= 0.3 is 0 Å².